The average Bonchev–Trinajstić information content (AvgIpc) is 3.30. The molecular formula is C24H30N8O. The molecule has 0 saturated heterocycles. The number of nitrogens with zero attached hydrogens (tertiary/aromatic N) is 3. The number of hydrogen-bond donors (Lipinski definition) is 5. The largest absolute Gasteiger partial charge is 0.398 e. The minimum atomic E-state index is -0.402. The van der Waals surface area contributed by atoms with Crippen molar-refractivity contribution in [3.05, 3.63) is 65.9 Å². The molecule has 1 aromatic carbocycles. The first-order chi connectivity index (χ1) is 15.9. The molecule has 3 aromatic rings. The Kier molecular flexibility index (Phi) is 9.51. The molecule has 6 N–H and O–H groups in total. The van der Waals surface area contributed by atoms with E-state index < -0.39 is 5.91 Å². The molecule has 0 atom stereocenters. The number of aromatic nitrogens is 3. The monoisotopic (exact) mass is 446 g/mol. The van der Waals surface area contributed by atoms with Gasteiger partial charge in [-0.05, 0) is 37.3 Å². The van der Waals surface area contributed by atoms with Gasteiger partial charge < -0.3 is 27.2 Å². The normalized spacial score (nSPS) is 10.6. The lowest BCUT2D eigenvalue weighted by atomic mass is 10.2. The van der Waals surface area contributed by atoms with Gasteiger partial charge in [-0.3, -0.25) is 4.79 Å². The zero-order chi connectivity index (χ0) is 24.2. The molecule has 0 fully saturated rings. The Morgan fingerprint density at radius 1 is 1.12 bits per heavy atom. The fraction of sp³-hybridized carbons (Fsp3) is 0.208. The van der Waals surface area contributed by atoms with Crippen LogP contribution in [0.2, 0.25) is 0 Å². The highest BCUT2D eigenvalue weighted by Crippen LogP contribution is 2.20. The number of allylic oxidation sites excluding steroid dienone is 1. The summed E-state index contributed by atoms with van der Waals surface area (Å²) in [5.74, 6) is 1.06. The topological polar surface area (TPSA) is 146 Å². The van der Waals surface area contributed by atoms with Crippen LogP contribution in [-0.4, -0.2) is 33.1 Å². The maximum Gasteiger partial charge on any atom is 0.258 e. The van der Waals surface area contributed by atoms with Crippen molar-refractivity contribution in [2.45, 2.75) is 33.6 Å². The second-order valence-corrected chi connectivity index (χ2v) is 6.98. The Hall–Kier alpha value is -4.27. The summed E-state index contributed by atoms with van der Waals surface area (Å²) in [5.41, 5.74) is 7.95. The number of rotatable bonds is 8. The summed E-state index contributed by atoms with van der Waals surface area (Å²) in [4.78, 5) is 16.5. The van der Waals surface area contributed by atoms with Crippen LogP contribution in [-0.2, 0) is 4.79 Å². The lowest BCUT2D eigenvalue weighted by Crippen LogP contribution is -2.16. The predicted molar refractivity (Wildman–Crippen MR) is 135 cm³/mol. The Labute approximate surface area is 193 Å². The molecule has 172 valence electrons. The van der Waals surface area contributed by atoms with E-state index in [2.05, 4.69) is 34.6 Å². The first-order valence-corrected chi connectivity index (χ1v) is 10.6. The van der Waals surface area contributed by atoms with Crippen LogP contribution in [0.1, 0.15) is 39.2 Å². The minimum Gasteiger partial charge on any atom is -0.398 e. The summed E-state index contributed by atoms with van der Waals surface area (Å²) >= 11 is 0. The van der Waals surface area contributed by atoms with Gasteiger partial charge >= 0.3 is 0 Å². The third-order valence-corrected chi connectivity index (χ3v) is 4.54. The number of carbonyl (C=O) groups excluding carboxylic acids is 1. The number of nitrogens with one attached hydrogen (secondary N) is 4. The van der Waals surface area contributed by atoms with E-state index in [1.165, 1.54) is 19.1 Å². The zero-order valence-electron chi connectivity index (χ0n) is 19.1. The van der Waals surface area contributed by atoms with Gasteiger partial charge in [-0.25, -0.2) is 9.67 Å². The number of nitrogens with two attached hydrogens (primary N) is 1. The molecule has 0 saturated carbocycles. The number of nitrogen functional groups attached to an aromatic ring is 1. The molecule has 3 rings (SSSR count). The molecule has 9 nitrogen and oxygen atoms in total. The van der Waals surface area contributed by atoms with Crippen molar-refractivity contribution < 1.29 is 4.79 Å². The van der Waals surface area contributed by atoms with Gasteiger partial charge in [0.05, 0.1) is 5.57 Å². The summed E-state index contributed by atoms with van der Waals surface area (Å²) in [5, 5.41) is 24.9. The first-order valence-electron chi connectivity index (χ1n) is 10.6. The first kappa shape index (κ1) is 25.0. The van der Waals surface area contributed by atoms with Gasteiger partial charge in [0.1, 0.15) is 5.82 Å². The van der Waals surface area contributed by atoms with E-state index in [0.29, 0.717) is 28.7 Å². The maximum atomic E-state index is 12.1. The van der Waals surface area contributed by atoms with Crippen molar-refractivity contribution in [1.82, 2.24) is 14.8 Å². The minimum absolute atomic E-state index is 0.246. The molecule has 33 heavy (non-hydrogen) atoms. The number of hydrogen-bond acceptors (Lipinski definition) is 7. The fourth-order valence-corrected chi connectivity index (χ4v) is 2.53. The van der Waals surface area contributed by atoms with Crippen molar-refractivity contribution in [2.75, 3.05) is 16.4 Å². The quantitative estimate of drug-likeness (QED) is 0.189. The van der Waals surface area contributed by atoms with E-state index in [4.69, 9.17) is 16.6 Å². The second-order valence-electron chi connectivity index (χ2n) is 6.98. The number of unbranched alkanes of at least 4 members (excludes halogenated alkanes) is 1. The molecule has 1 amide bonds. The van der Waals surface area contributed by atoms with Crippen molar-refractivity contribution in [3.8, 4) is 5.82 Å². The highest BCUT2D eigenvalue weighted by Gasteiger charge is 2.09. The Balaban J connectivity index is 0.000000890. The summed E-state index contributed by atoms with van der Waals surface area (Å²) in [6, 6.07) is 12.2. The summed E-state index contributed by atoms with van der Waals surface area (Å²) in [6.45, 7) is 6.05. The van der Waals surface area contributed by atoms with Gasteiger partial charge in [-0.1, -0.05) is 38.8 Å². The van der Waals surface area contributed by atoms with Crippen LogP contribution in [0, 0.1) is 10.8 Å². The maximum absolute atomic E-state index is 12.1. The fourth-order valence-electron chi connectivity index (χ4n) is 2.53. The molecule has 0 spiro atoms. The number of pyridine rings is 1. The SMILES string of the molecule is C/C=C(\C=N)C(=O)Nc1cccc(-n2ccc(Nc3ccc(N)c(C=N)c3)n2)n1.CCCC. The molecule has 0 aliphatic rings. The number of carbonyl (C=O) groups is 1. The third kappa shape index (κ3) is 7.13. The van der Waals surface area contributed by atoms with E-state index in [9.17, 15) is 4.79 Å². The van der Waals surface area contributed by atoms with Crippen molar-refractivity contribution in [1.29, 1.82) is 10.8 Å². The standard InChI is InChI=1S/C20H20N8O.C4H10/c1-2-13(11-21)20(29)26-17-4-3-5-19(25-17)28-9-8-18(27-28)24-15-6-7-16(23)14(10-15)12-22;1-3-4-2/h2-12,21-22H,23H2,1H3,(H,24,27)(H,25,26,29);3-4H2,1-2H3/b13-2+,21-11?,22-12?;. The van der Waals surface area contributed by atoms with Crippen molar-refractivity contribution in [2.24, 2.45) is 0 Å². The molecule has 0 aliphatic carbocycles. The van der Waals surface area contributed by atoms with Gasteiger partial charge in [0.25, 0.3) is 5.91 Å². The summed E-state index contributed by atoms with van der Waals surface area (Å²) < 4.78 is 1.57. The predicted octanol–water partition coefficient (Wildman–Crippen LogP) is 4.93. The Morgan fingerprint density at radius 3 is 2.52 bits per heavy atom. The summed E-state index contributed by atoms with van der Waals surface area (Å²) in [6.07, 6.45) is 8.12. The molecule has 2 heterocycles. The van der Waals surface area contributed by atoms with Crippen LogP contribution in [0.3, 0.4) is 0 Å². The lowest BCUT2D eigenvalue weighted by molar-refractivity contribution is -0.112. The van der Waals surface area contributed by atoms with Crippen LogP contribution in [0.5, 0.6) is 0 Å². The van der Waals surface area contributed by atoms with Crippen molar-refractivity contribution >= 4 is 41.3 Å². The number of amides is 1. The smallest absolute Gasteiger partial charge is 0.258 e. The highest BCUT2D eigenvalue weighted by molar-refractivity contribution is 6.16. The Bertz CT molecular complexity index is 1130. The lowest BCUT2D eigenvalue weighted by Gasteiger charge is -2.07. The zero-order valence-corrected chi connectivity index (χ0v) is 19.1. The molecule has 0 unspecified atom stereocenters. The second kappa shape index (κ2) is 12.6. The van der Waals surface area contributed by atoms with Gasteiger partial charge in [0.2, 0.25) is 0 Å². The van der Waals surface area contributed by atoms with E-state index in [-0.39, 0.29) is 5.57 Å². The number of anilines is 4. The highest BCUT2D eigenvalue weighted by atomic mass is 16.1. The van der Waals surface area contributed by atoms with Crippen LogP contribution >= 0.6 is 0 Å². The van der Waals surface area contributed by atoms with Crippen molar-refractivity contribution in [3.63, 3.8) is 0 Å². The average molecular weight is 447 g/mol. The molecule has 2 aromatic heterocycles. The van der Waals surface area contributed by atoms with Crippen LogP contribution in [0.15, 0.2) is 60.3 Å². The van der Waals surface area contributed by atoms with E-state index in [1.807, 2.05) is 0 Å². The van der Waals surface area contributed by atoms with E-state index in [1.54, 1.807) is 66.3 Å². The molecule has 0 bridgehead atoms. The number of benzene rings is 1. The molecule has 0 radical (unpaired) electrons. The van der Waals surface area contributed by atoms with Gasteiger partial charge in [-0.2, -0.15) is 0 Å². The van der Waals surface area contributed by atoms with E-state index >= 15 is 0 Å². The van der Waals surface area contributed by atoms with Crippen LogP contribution < -0.4 is 16.4 Å². The Morgan fingerprint density at radius 2 is 1.88 bits per heavy atom. The third-order valence-electron chi connectivity index (χ3n) is 4.54. The van der Waals surface area contributed by atoms with E-state index in [0.717, 1.165) is 11.9 Å². The van der Waals surface area contributed by atoms with Gasteiger partial charge in [0.15, 0.2) is 11.6 Å². The van der Waals surface area contributed by atoms with Crippen LogP contribution in [0.25, 0.3) is 5.82 Å². The van der Waals surface area contributed by atoms with Crippen LogP contribution in [0.4, 0.5) is 23.0 Å². The summed E-state index contributed by atoms with van der Waals surface area (Å²) in [7, 11) is 0. The molecular weight excluding hydrogens is 416 g/mol. The van der Waals surface area contributed by atoms with Gasteiger partial charge in [-0.15, -0.1) is 5.10 Å². The molecule has 9 heteroatoms. The molecule has 0 aliphatic heterocycles. The van der Waals surface area contributed by atoms with Gasteiger partial charge in [0, 0.05) is 41.6 Å².